The van der Waals surface area contributed by atoms with Gasteiger partial charge in [0.2, 0.25) is 0 Å². The molecule has 0 saturated carbocycles. The number of rotatable bonds is 4. The van der Waals surface area contributed by atoms with E-state index in [1.165, 1.54) is 25.3 Å². The second-order valence-electron chi connectivity index (χ2n) is 9.70. The van der Waals surface area contributed by atoms with Crippen molar-refractivity contribution in [3.05, 3.63) is 82.2 Å². The topological polar surface area (TPSA) is 67.4 Å². The summed E-state index contributed by atoms with van der Waals surface area (Å²) in [6.07, 6.45) is -3.72. The molecule has 1 amide bonds. The van der Waals surface area contributed by atoms with Crippen molar-refractivity contribution < 1.29 is 27.5 Å². The Labute approximate surface area is 202 Å². The maximum atomic E-state index is 13.6. The highest BCUT2D eigenvalue weighted by molar-refractivity contribution is 6.10. The number of ketones is 1. The second kappa shape index (κ2) is 8.91. The number of carbonyl (C=O) groups is 2. The molecule has 1 heterocycles. The Morgan fingerprint density at radius 3 is 2.51 bits per heavy atom. The average molecular weight is 485 g/mol. The van der Waals surface area contributed by atoms with Gasteiger partial charge in [0.25, 0.3) is 5.91 Å². The quantitative estimate of drug-likeness (QED) is 0.562. The van der Waals surface area contributed by atoms with Gasteiger partial charge in [0.1, 0.15) is 5.75 Å². The Morgan fingerprint density at radius 1 is 1.11 bits per heavy atom. The molecule has 35 heavy (non-hydrogen) atoms. The largest absolute Gasteiger partial charge is 0.497 e. The molecule has 0 spiro atoms. The standard InChI is InChI=1S/C27H27F3N2O3/c1-15-22(25(34)32-19-11-6-5-10-18(19)27(28,29)30)23(16-8-7-9-17(12-16)35-4)24-20(31-15)13-26(2,3)14-21(24)33/h5-12,23,31H,13-14H2,1-4H3,(H,32,34). The van der Waals surface area contributed by atoms with Gasteiger partial charge in [-0.2, -0.15) is 13.2 Å². The fourth-order valence-corrected chi connectivity index (χ4v) is 4.92. The van der Waals surface area contributed by atoms with Gasteiger partial charge in [-0.15, -0.1) is 0 Å². The van der Waals surface area contributed by atoms with Crippen LogP contribution in [0, 0.1) is 5.41 Å². The molecule has 0 fully saturated rings. The van der Waals surface area contributed by atoms with Gasteiger partial charge in [-0.05, 0) is 48.6 Å². The van der Waals surface area contributed by atoms with Crippen molar-refractivity contribution in [1.82, 2.24) is 5.32 Å². The third-order valence-corrected chi connectivity index (χ3v) is 6.39. The molecular weight excluding hydrogens is 457 g/mol. The molecule has 1 aliphatic heterocycles. The van der Waals surface area contributed by atoms with E-state index in [1.54, 1.807) is 31.2 Å². The van der Waals surface area contributed by atoms with Crippen molar-refractivity contribution in [2.45, 2.75) is 45.7 Å². The Hall–Kier alpha value is -3.55. The summed E-state index contributed by atoms with van der Waals surface area (Å²) in [4.78, 5) is 26.9. The van der Waals surface area contributed by atoms with Crippen molar-refractivity contribution in [2.75, 3.05) is 12.4 Å². The van der Waals surface area contributed by atoms with Crippen LogP contribution < -0.4 is 15.4 Å². The van der Waals surface area contributed by atoms with Gasteiger partial charge in [0.15, 0.2) is 5.78 Å². The molecule has 0 radical (unpaired) electrons. The summed E-state index contributed by atoms with van der Waals surface area (Å²) in [5.41, 5.74) is 1.01. The molecule has 1 aliphatic carbocycles. The van der Waals surface area contributed by atoms with E-state index < -0.39 is 23.6 Å². The number of amides is 1. The Kier molecular flexibility index (Phi) is 6.25. The van der Waals surface area contributed by atoms with E-state index in [0.29, 0.717) is 35.4 Å². The Balaban J connectivity index is 1.83. The van der Waals surface area contributed by atoms with Gasteiger partial charge in [-0.1, -0.05) is 38.1 Å². The number of alkyl halides is 3. The molecule has 2 aliphatic rings. The zero-order valence-corrected chi connectivity index (χ0v) is 20.0. The minimum absolute atomic E-state index is 0.0925. The van der Waals surface area contributed by atoms with Gasteiger partial charge < -0.3 is 15.4 Å². The van der Waals surface area contributed by atoms with E-state index in [-0.39, 0.29) is 22.5 Å². The summed E-state index contributed by atoms with van der Waals surface area (Å²) < 4.78 is 46.0. The van der Waals surface area contributed by atoms with E-state index in [4.69, 9.17) is 4.74 Å². The Morgan fingerprint density at radius 2 is 1.83 bits per heavy atom. The number of hydrogen-bond acceptors (Lipinski definition) is 4. The normalized spacial score (nSPS) is 19.7. The van der Waals surface area contributed by atoms with Gasteiger partial charge >= 0.3 is 6.18 Å². The third kappa shape index (κ3) is 4.83. The first-order valence-corrected chi connectivity index (χ1v) is 11.3. The van der Waals surface area contributed by atoms with E-state index in [1.807, 2.05) is 13.8 Å². The molecule has 0 aromatic heterocycles. The minimum Gasteiger partial charge on any atom is -0.497 e. The number of carbonyl (C=O) groups excluding carboxylic acids is 2. The summed E-state index contributed by atoms with van der Waals surface area (Å²) in [6.45, 7) is 5.71. The van der Waals surface area contributed by atoms with Crippen molar-refractivity contribution >= 4 is 17.4 Å². The summed E-state index contributed by atoms with van der Waals surface area (Å²) >= 11 is 0. The predicted molar refractivity (Wildman–Crippen MR) is 127 cm³/mol. The maximum absolute atomic E-state index is 13.6. The van der Waals surface area contributed by atoms with Crippen LogP contribution >= 0.6 is 0 Å². The summed E-state index contributed by atoms with van der Waals surface area (Å²) in [7, 11) is 1.52. The van der Waals surface area contributed by atoms with Crippen LogP contribution in [-0.2, 0) is 15.8 Å². The highest BCUT2D eigenvalue weighted by atomic mass is 19.4. The second-order valence-corrected chi connectivity index (χ2v) is 9.70. The van der Waals surface area contributed by atoms with Crippen molar-refractivity contribution in [3.8, 4) is 5.75 Å². The fourth-order valence-electron chi connectivity index (χ4n) is 4.92. The first-order chi connectivity index (χ1) is 16.4. The number of methoxy groups -OCH3 is 1. The summed E-state index contributed by atoms with van der Waals surface area (Å²) in [5.74, 6) is -0.997. The summed E-state index contributed by atoms with van der Waals surface area (Å²) in [5, 5.41) is 5.67. The number of benzene rings is 2. The molecule has 1 atom stereocenters. The van der Waals surface area contributed by atoms with Crippen LogP contribution in [0.5, 0.6) is 5.75 Å². The minimum atomic E-state index is -4.63. The average Bonchev–Trinajstić information content (AvgIpc) is 2.76. The number of halogens is 3. The van der Waals surface area contributed by atoms with Crippen LogP contribution in [0.15, 0.2) is 71.1 Å². The number of ether oxygens (including phenoxy) is 1. The molecule has 8 heteroatoms. The van der Waals surface area contributed by atoms with E-state index in [0.717, 1.165) is 11.8 Å². The van der Waals surface area contributed by atoms with Crippen LogP contribution in [0.2, 0.25) is 0 Å². The van der Waals surface area contributed by atoms with E-state index in [2.05, 4.69) is 10.6 Å². The van der Waals surface area contributed by atoms with Crippen molar-refractivity contribution in [3.63, 3.8) is 0 Å². The molecule has 2 N–H and O–H groups in total. The van der Waals surface area contributed by atoms with Crippen LogP contribution in [0.1, 0.15) is 50.7 Å². The van der Waals surface area contributed by atoms with E-state index >= 15 is 0 Å². The van der Waals surface area contributed by atoms with Gasteiger partial charge in [0, 0.05) is 34.9 Å². The number of nitrogens with one attached hydrogen (secondary N) is 2. The first-order valence-electron chi connectivity index (χ1n) is 11.3. The number of anilines is 1. The monoisotopic (exact) mass is 484 g/mol. The summed E-state index contributed by atoms with van der Waals surface area (Å²) in [6, 6.07) is 11.9. The lowest BCUT2D eigenvalue weighted by atomic mass is 9.68. The highest BCUT2D eigenvalue weighted by Gasteiger charge is 2.43. The lowest BCUT2D eigenvalue weighted by Gasteiger charge is -2.39. The van der Waals surface area contributed by atoms with Crippen LogP contribution in [-0.4, -0.2) is 18.8 Å². The molecule has 0 saturated heterocycles. The van der Waals surface area contributed by atoms with Gasteiger partial charge in [0.05, 0.1) is 18.4 Å². The number of allylic oxidation sites excluding steroid dienone is 3. The zero-order chi connectivity index (χ0) is 25.5. The first kappa shape index (κ1) is 24.6. The molecule has 0 bridgehead atoms. The Bertz CT molecular complexity index is 1260. The number of Topliss-reactive ketones (excluding diaryl/α,β-unsaturated/α-hetero) is 1. The molecule has 184 valence electrons. The molecule has 4 rings (SSSR count). The lowest BCUT2D eigenvalue weighted by Crippen LogP contribution is -2.39. The zero-order valence-electron chi connectivity index (χ0n) is 20.0. The van der Waals surface area contributed by atoms with Crippen molar-refractivity contribution in [2.24, 2.45) is 5.41 Å². The van der Waals surface area contributed by atoms with Crippen LogP contribution in [0.25, 0.3) is 0 Å². The maximum Gasteiger partial charge on any atom is 0.418 e. The van der Waals surface area contributed by atoms with Crippen LogP contribution in [0.4, 0.5) is 18.9 Å². The smallest absolute Gasteiger partial charge is 0.418 e. The predicted octanol–water partition coefficient (Wildman–Crippen LogP) is 5.96. The number of hydrogen-bond donors (Lipinski definition) is 2. The third-order valence-electron chi connectivity index (χ3n) is 6.39. The highest BCUT2D eigenvalue weighted by Crippen LogP contribution is 2.47. The molecule has 1 unspecified atom stereocenters. The SMILES string of the molecule is COc1cccc(C2C(C(=O)Nc3ccccc3C(F)(F)F)=C(C)NC3=C2C(=O)CC(C)(C)C3)c1. The number of para-hydroxylation sites is 1. The van der Waals surface area contributed by atoms with E-state index in [9.17, 15) is 22.8 Å². The molecule has 5 nitrogen and oxygen atoms in total. The van der Waals surface area contributed by atoms with Gasteiger partial charge in [-0.3, -0.25) is 9.59 Å². The molecule has 2 aromatic carbocycles. The lowest BCUT2D eigenvalue weighted by molar-refractivity contribution is -0.137. The molecule has 2 aromatic rings. The van der Waals surface area contributed by atoms with Gasteiger partial charge in [-0.25, -0.2) is 0 Å². The molecular formula is C27H27F3N2O3. The van der Waals surface area contributed by atoms with Crippen LogP contribution in [0.3, 0.4) is 0 Å². The fraction of sp³-hybridized carbons (Fsp3) is 0.333. The van der Waals surface area contributed by atoms with Crippen molar-refractivity contribution in [1.29, 1.82) is 0 Å². The number of dihydropyridines is 1.